The van der Waals surface area contributed by atoms with Gasteiger partial charge in [0, 0.05) is 5.39 Å². The van der Waals surface area contributed by atoms with Crippen molar-refractivity contribution < 1.29 is 4.42 Å². The van der Waals surface area contributed by atoms with E-state index >= 15 is 0 Å². The standard InChI is InChI=1S/C13H17NO/c1-4-14-8-13-10(3)11-6-5-9(2)7-12(11)15-13/h5-7,14H,4,8H2,1-3H3. The molecule has 2 aromatic rings. The molecule has 2 nitrogen and oxygen atoms in total. The molecule has 2 heteroatoms. The van der Waals surface area contributed by atoms with Gasteiger partial charge >= 0.3 is 0 Å². The fourth-order valence-corrected chi connectivity index (χ4v) is 1.79. The lowest BCUT2D eigenvalue weighted by molar-refractivity contribution is 0.516. The quantitative estimate of drug-likeness (QED) is 0.829. The second kappa shape index (κ2) is 4.07. The zero-order valence-electron chi connectivity index (χ0n) is 9.55. The van der Waals surface area contributed by atoms with E-state index in [1.807, 2.05) is 0 Å². The smallest absolute Gasteiger partial charge is 0.134 e. The predicted molar refractivity (Wildman–Crippen MR) is 63.1 cm³/mol. The number of aryl methyl sites for hydroxylation is 2. The lowest BCUT2D eigenvalue weighted by atomic mass is 10.1. The minimum atomic E-state index is 0.816. The molecule has 0 unspecified atom stereocenters. The normalized spacial score (nSPS) is 11.1. The molecule has 1 aromatic carbocycles. The van der Waals surface area contributed by atoms with Gasteiger partial charge in [-0.05, 0) is 37.6 Å². The number of fused-ring (bicyclic) bond motifs is 1. The van der Waals surface area contributed by atoms with E-state index in [2.05, 4.69) is 44.3 Å². The van der Waals surface area contributed by atoms with Gasteiger partial charge in [0.05, 0.1) is 6.54 Å². The fourth-order valence-electron chi connectivity index (χ4n) is 1.79. The molecule has 1 heterocycles. The summed E-state index contributed by atoms with van der Waals surface area (Å²) in [6.07, 6.45) is 0. The fraction of sp³-hybridized carbons (Fsp3) is 0.385. The minimum Gasteiger partial charge on any atom is -0.459 e. The van der Waals surface area contributed by atoms with Crippen molar-refractivity contribution >= 4 is 11.0 Å². The molecule has 0 atom stereocenters. The molecular formula is C13H17NO. The van der Waals surface area contributed by atoms with Gasteiger partial charge in [0.2, 0.25) is 0 Å². The third kappa shape index (κ3) is 1.90. The Balaban J connectivity index is 2.44. The molecule has 0 aliphatic rings. The van der Waals surface area contributed by atoms with E-state index in [4.69, 9.17) is 4.42 Å². The molecule has 1 aromatic heterocycles. The lowest BCUT2D eigenvalue weighted by Gasteiger charge is -1.97. The van der Waals surface area contributed by atoms with Gasteiger partial charge in [0.15, 0.2) is 0 Å². The first-order valence-corrected chi connectivity index (χ1v) is 5.41. The minimum absolute atomic E-state index is 0.816. The van der Waals surface area contributed by atoms with Crippen molar-refractivity contribution in [2.45, 2.75) is 27.3 Å². The van der Waals surface area contributed by atoms with E-state index < -0.39 is 0 Å². The van der Waals surface area contributed by atoms with Gasteiger partial charge in [-0.1, -0.05) is 19.1 Å². The van der Waals surface area contributed by atoms with Crippen LogP contribution in [0.5, 0.6) is 0 Å². The van der Waals surface area contributed by atoms with Crippen molar-refractivity contribution in [1.29, 1.82) is 0 Å². The van der Waals surface area contributed by atoms with Crippen LogP contribution in [0.1, 0.15) is 23.8 Å². The first kappa shape index (κ1) is 10.2. The summed E-state index contributed by atoms with van der Waals surface area (Å²) in [6, 6.07) is 6.36. The van der Waals surface area contributed by atoms with E-state index in [1.165, 1.54) is 16.5 Å². The Morgan fingerprint density at radius 3 is 2.80 bits per heavy atom. The Hall–Kier alpha value is -1.28. The average molecular weight is 203 g/mol. The van der Waals surface area contributed by atoms with Crippen LogP contribution in [0.15, 0.2) is 22.6 Å². The first-order valence-electron chi connectivity index (χ1n) is 5.41. The molecule has 0 aliphatic heterocycles. The molecule has 0 spiro atoms. The van der Waals surface area contributed by atoms with Crippen LogP contribution in [-0.2, 0) is 6.54 Å². The number of nitrogens with one attached hydrogen (secondary N) is 1. The van der Waals surface area contributed by atoms with E-state index in [0.717, 1.165) is 24.4 Å². The zero-order chi connectivity index (χ0) is 10.8. The lowest BCUT2D eigenvalue weighted by Crippen LogP contribution is -2.11. The predicted octanol–water partition coefficient (Wildman–Crippen LogP) is 3.16. The second-order valence-electron chi connectivity index (χ2n) is 3.93. The Morgan fingerprint density at radius 2 is 2.07 bits per heavy atom. The van der Waals surface area contributed by atoms with Crippen LogP contribution in [0.2, 0.25) is 0 Å². The molecule has 15 heavy (non-hydrogen) atoms. The summed E-state index contributed by atoms with van der Waals surface area (Å²) in [5, 5.41) is 4.52. The van der Waals surface area contributed by atoms with Crippen molar-refractivity contribution in [2.75, 3.05) is 6.54 Å². The average Bonchev–Trinajstić information content (AvgIpc) is 2.52. The van der Waals surface area contributed by atoms with Crippen LogP contribution < -0.4 is 5.32 Å². The number of furan rings is 1. The van der Waals surface area contributed by atoms with Crippen LogP contribution in [-0.4, -0.2) is 6.54 Å². The highest BCUT2D eigenvalue weighted by molar-refractivity contribution is 5.82. The van der Waals surface area contributed by atoms with Crippen LogP contribution in [0, 0.1) is 13.8 Å². The highest BCUT2D eigenvalue weighted by Gasteiger charge is 2.09. The Labute approximate surface area is 90.3 Å². The van der Waals surface area contributed by atoms with E-state index in [0.29, 0.717) is 0 Å². The van der Waals surface area contributed by atoms with Gasteiger partial charge in [-0.25, -0.2) is 0 Å². The maximum atomic E-state index is 5.82. The number of hydrogen-bond donors (Lipinski definition) is 1. The largest absolute Gasteiger partial charge is 0.459 e. The summed E-state index contributed by atoms with van der Waals surface area (Å²) in [4.78, 5) is 0. The summed E-state index contributed by atoms with van der Waals surface area (Å²) in [5.41, 5.74) is 3.50. The van der Waals surface area contributed by atoms with Gasteiger partial charge in [-0.3, -0.25) is 0 Å². The first-order chi connectivity index (χ1) is 7.22. The monoisotopic (exact) mass is 203 g/mol. The third-order valence-electron chi connectivity index (χ3n) is 2.73. The molecule has 0 bridgehead atoms. The highest BCUT2D eigenvalue weighted by Crippen LogP contribution is 2.25. The highest BCUT2D eigenvalue weighted by atomic mass is 16.3. The van der Waals surface area contributed by atoms with Crippen molar-refractivity contribution in [3.63, 3.8) is 0 Å². The van der Waals surface area contributed by atoms with Crippen LogP contribution in [0.4, 0.5) is 0 Å². The van der Waals surface area contributed by atoms with Gasteiger partial charge in [-0.15, -0.1) is 0 Å². The van der Waals surface area contributed by atoms with Crippen molar-refractivity contribution in [3.05, 3.63) is 35.1 Å². The van der Waals surface area contributed by atoms with Crippen molar-refractivity contribution in [1.82, 2.24) is 5.32 Å². The molecular weight excluding hydrogens is 186 g/mol. The number of hydrogen-bond acceptors (Lipinski definition) is 2. The molecule has 0 saturated heterocycles. The maximum Gasteiger partial charge on any atom is 0.134 e. The van der Waals surface area contributed by atoms with Gasteiger partial charge < -0.3 is 9.73 Å². The number of benzene rings is 1. The van der Waals surface area contributed by atoms with Crippen LogP contribution in [0.3, 0.4) is 0 Å². The molecule has 0 aliphatic carbocycles. The van der Waals surface area contributed by atoms with E-state index in [-0.39, 0.29) is 0 Å². The molecule has 1 N–H and O–H groups in total. The summed E-state index contributed by atoms with van der Waals surface area (Å²) in [7, 11) is 0. The van der Waals surface area contributed by atoms with Crippen LogP contribution in [0.25, 0.3) is 11.0 Å². The number of rotatable bonds is 3. The SMILES string of the molecule is CCNCc1oc2cc(C)ccc2c1C. The van der Waals surface area contributed by atoms with Gasteiger partial charge in [0.25, 0.3) is 0 Å². The molecule has 2 rings (SSSR count). The topological polar surface area (TPSA) is 25.2 Å². The van der Waals surface area contributed by atoms with Crippen LogP contribution >= 0.6 is 0 Å². The maximum absolute atomic E-state index is 5.82. The third-order valence-corrected chi connectivity index (χ3v) is 2.73. The summed E-state index contributed by atoms with van der Waals surface area (Å²) >= 11 is 0. The summed E-state index contributed by atoms with van der Waals surface area (Å²) < 4.78 is 5.82. The van der Waals surface area contributed by atoms with E-state index in [1.54, 1.807) is 0 Å². The Morgan fingerprint density at radius 1 is 1.27 bits per heavy atom. The van der Waals surface area contributed by atoms with Crippen molar-refractivity contribution in [2.24, 2.45) is 0 Å². The van der Waals surface area contributed by atoms with Gasteiger partial charge in [-0.2, -0.15) is 0 Å². The zero-order valence-corrected chi connectivity index (χ0v) is 9.55. The van der Waals surface area contributed by atoms with E-state index in [9.17, 15) is 0 Å². The summed E-state index contributed by atoms with van der Waals surface area (Å²) in [5.74, 6) is 1.05. The molecule has 80 valence electrons. The molecule has 0 amide bonds. The van der Waals surface area contributed by atoms with Gasteiger partial charge in [0.1, 0.15) is 11.3 Å². The molecule has 0 saturated carbocycles. The molecule has 0 radical (unpaired) electrons. The summed E-state index contributed by atoms with van der Waals surface area (Å²) in [6.45, 7) is 8.09. The van der Waals surface area contributed by atoms with Crippen molar-refractivity contribution in [3.8, 4) is 0 Å². The Kier molecular flexibility index (Phi) is 2.78. The molecule has 0 fully saturated rings. The second-order valence-corrected chi connectivity index (χ2v) is 3.93. The Bertz CT molecular complexity index is 471.